The van der Waals surface area contributed by atoms with Gasteiger partial charge in [-0.3, -0.25) is 4.90 Å². The van der Waals surface area contributed by atoms with Crippen molar-refractivity contribution in [2.24, 2.45) is 0 Å². The highest BCUT2D eigenvalue weighted by molar-refractivity contribution is 5.32. The van der Waals surface area contributed by atoms with E-state index in [9.17, 15) is 0 Å². The number of rotatable bonds is 8. The van der Waals surface area contributed by atoms with Crippen molar-refractivity contribution in [3.63, 3.8) is 0 Å². The first-order valence-corrected chi connectivity index (χ1v) is 8.49. The predicted molar refractivity (Wildman–Crippen MR) is 93.6 cm³/mol. The maximum absolute atomic E-state index is 5.79. The highest BCUT2D eigenvalue weighted by atomic mass is 16.5. The lowest BCUT2D eigenvalue weighted by molar-refractivity contribution is 0.0335. The molecule has 1 aromatic carbocycles. The number of oxazole rings is 1. The summed E-state index contributed by atoms with van der Waals surface area (Å²) in [6, 6.07) is 8.17. The summed E-state index contributed by atoms with van der Waals surface area (Å²) in [4.78, 5) is 6.67. The molecule has 0 saturated carbocycles. The van der Waals surface area contributed by atoms with E-state index in [4.69, 9.17) is 24.4 Å². The van der Waals surface area contributed by atoms with Gasteiger partial charge >= 0.3 is 0 Å². The molecule has 7 nitrogen and oxygen atoms in total. The van der Waals surface area contributed by atoms with E-state index in [1.165, 1.54) is 0 Å². The standard InChI is InChI=1S/C18H25N3O4/c1-22-9-10-24-15-4-2-3-14(11-15)12-17-16(20-18(19)25-17)13-21-5-7-23-8-6-21/h2-4,11H,5-10,12-13H2,1H3,(H2,19,20). The third kappa shape index (κ3) is 5.19. The van der Waals surface area contributed by atoms with Crippen LogP contribution in [0, 0.1) is 0 Å². The van der Waals surface area contributed by atoms with E-state index in [1.54, 1.807) is 7.11 Å². The van der Waals surface area contributed by atoms with Gasteiger partial charge in [-0.05, 0) is 17.7 Å². The number of nitrogens with two attached hydrogens (primary N) is 1. The van der Waals surface area contributed by atoms with Gasteiger partial charge in [-0.25, -0.2) is 0 Å². The third-order valence-corrected chi connectivity index (χ3v) is 4.09. The van der Waals surface area contributed by atoms with Crippen LogP contribution in [0.2, 0.25) is 0 Å². The van der Waals surface area contributed by atoms with Crippen molar-refractivity contribution >= 4 is 6.01 Å². The molecule has 1 aliphatic rings. The molecule has 0 unspecified atom stereocenters. The largest absolute Gasteiger partial charge is 0.491 e. The number of hydrogen-bond acceptors (Lipinski definition) is 7. The van der Waals surface area contributed by atoms with E-state index in [2.05, 4.69) is 9.88 Å². The van der Waals surface area contributed by atoms with Crippen molar-refractivity contribution in [1.82, 2.24) is 9.88 Å². The summed E-state index contributed by atoms with van der Waals surface area (Å²) in [6.45, 7) is 5.12. The molecule has 25 heavy (non-hydrogen) atoms. The molecule has 1 aromatic heterocycles. The summed E-state index contributed by atoms with van der Waals surface area (Å²) in [7, 11) is 1.66. The van der Waals surface area contributed by atoms with E-state index in [0.717, 1.165) is 55.6 Å². The maximum atomic E-state index is 5.79. The molecule has 0 atom stereocenters. The minimum Gasteiger partial charge on any atom is -0.491 e. The fourth-order valence-corrected chi connectivity index (χ4v) is 2.81. The van der Waals surface area contributed by atoms with E-state index >= 15 is 0 Å². The summed E-state index contributed by atoms with van der Waals surface area (Å²) in [5.41, 5.74) is 7.78. The van der Waals surface area contributed by atoms with Gasteiger partial charge < -0.3 is 24.4 Å². The molecular weight excluding hydrogens is 322 g/mol. The lowest BCUT2D eigenvalue weighted by Crippen LogP contribution is -2.36. The van der Waals surface area contributed by atoms with Crippen molar-refractivity contribution in [1.29, 1.82) is 0 Å². The normalized spacial score (nSPS) is 15.4. The van der Waals surface area contributed by atoms with Crippen molar-refractivity contribution in [3.05, 3.63) is 41.3 Å². The quantitative estimate of drug-likeness (QED) is 0.728. The molecule has 2 N–H and O–H groups in total. The van der Waals surface area contributed by atoms with E-state index in [1.807, 2.05) is 24.3 Å². The Balaban J connectivity index is 1.66. The maximum Gasteiger partial charge on any atom is 0.292 e. The van der Waals surface area contributed by atoms with Crippen molar-refractivity contribution in [2.45, 2.75) is 13.0 Å². The second-order valence-corrected chi connectivity index (χ2v) is 5.98. The van der Waals surface area contributed by atoms with E-state index in [-0.39, 0.29) is 6.01 Å². The average Bonchev–Trinajstić information content (AvgIpc) is 2.95. The second-order valence-electron chi connectivity index (χ2n) is 5.98. The first kappa shape index (κ1) is 17.7. The van der Waals surface area contributed by atoms with Crippen LogP contribution in [-0.4, -0.2) is 56.5 Å². The fraction of sp³-hybridized carbons (Fsp3) is 0.500. The Morgan fingerprint density at radius 2 is 2.08 bits per heavy atom. The molecule has 2 aromatic rings. The number of benzene rings is 1. The number of nitrogens with zero attached hydrogens (tertiary/aromatic N) is 2. The minimum atomic E-state index is 0.214. The van der Waals surface area contributed by atoms with E-state index < -0.39 is 0 Å². The lowest BCUT2D eigenvalue weighted by Gasteiger charge is -2.25. The molecule has 0 radical (unpaired) electrons. The van der Waals surface area contributed by atoms with Crippen LogP contribution in [0.25, 0.3) is 0 Å². The van der Waals surface area contributed by atoms with Crippen molar-refractivity contribution < 1.29 is 18.6 Å². The van der Waals surface area contributed by atoms with Gasteiger partial charge in [0.25, 0.3) is 6.01 Å². The monoisotopic (exact) mass is 347 g/mol. The third-order valence-electron chi connectivity index (χ3n) is 4.09. The predicted octanol–water partition coefficient (Wildman–Crippen LogP) is 1.70. The van der Waals surface area contributed by atoms with Gasteiger partial charge in [0.05, 0.1) is 25.5 Å². The fourth-order valence-electron chi connectivity index (χ4n) is 2.81. The molecule has 2 heterocycles. The Bertz CT molecular complexity index is 668. The van der Waals surface area contributed by atoms with Crippen molar-refractivity contribution in [2.75, 3.05) is 52.4 Å². The summed E-state index contributed by atoms with van der Waals surface area (Å²) in [5, 5.41) is 0. The minimum absolute atomic E-state index is 0.214. The van der Waals surface area contributed by atoms with Gasteiger partial charge in [-0.15, -0.1) is 0 Å². The molecular formula is C18H25N3O4. The number of morpholine rings is 1. The Morgan fingerprint density at radius 3 is 2.88 bits per heavy atom. The molecule has 1 fully saturated rings. The number of anilines is 1. The van der Waals surface area contributed by atoms with Gasteiger partial charge in [0.2, 0.25) is 0 Å². The Kier molecular flexibility index (Phi) is 6.27. The number of methoxy groups -OCH3 is 1. The smallest absolute Gasteiger partial charge is 0.292 e. The molecule has 1 aliphatic heterocycles. The zero-order chi connectivity index (χ0) is 17.5. The molecule has 3 rings (SSSR count). The second kappa shape index (κ2) is 8.84. The lowest BCUT2D eigenvalue weighted by atomic mass is 10.1. The zero-order valence-electron chi connectivity index (χ0n) is 14.6. The highest BCUT2D eigenvalue weighted by Crippen LogP contribution is 2.22. The summed E-state index contributed by atoms with van der Waals surface area (Å²) in [6.07, 6.45) is 0.630. The van der Waals surface area contributed by atoms with Crippen LogP contribution >= 0.6 is 0 Å². The Labute approximate surface area is 147 Å². The van der Waals surface area contributed by atoms with Gasteiger partial charge in [0, 0.05) is 33.2 Å². The molecule has 1 saturated heterocycles. The van der Waals surface area contributed by atoms with Crippen molar-refractivity contribution in [3.8, 4) is 5.75 Å². The molecule has 7 heteroatoms. The Hall–Kier alpha value is -2.09. The van der Waals surface area contributed by atoms with Crippen LogP contribution in [0.5, 0.6) is 5.75 Å². The Morgan fingerprint density at radius 1 is 1.24 bits per heavy atom. The first-order chi connectivity index (χ1) is 12.2. The van der Waals surface area contributed by atoms with E-state index in [0.29, 0.717) is 19.6 Å². The number of ether oxygens (including phenoxy) is 3. The topological polar surface area (TPSA) is 83.0 Å². The van der Waals surface area contributed by atoms with Crippen LogP contribution in [0.1, 0.15) is 17.0 Å². The number of aromatic nitrogens is 1. The molecule has 0 bridgehead atoms. The molecule has 136 valence electrons. The van der Waals surface area contributed by atoms with Gasteiger partial charge in [-0.2, -0.15) is 4.98 Å². The van der Waals surface area contributed by atoms with Crippen LogP contribution in [-0.2, 0) is 22.4 Å². The molecule has 0 aliphatic carbocycles. The number of hydrogen-bond donors (Lipinski definition) is 1. The summed E-state index contributed by atoms with van der Waals surface area (Å²) >= 11 is 0. The summed E-state index contributed by atoms with van der Waals surface area (Å²) in [5.74, 6) is 1.62. The van der Waals surface area contributed by atoms with Gasteiger partial charge in [0.1, 0.15) is 18.1 Å². The molecule has 0 amide bonds. The number of nitrogen functional groups attached to an aromatic ring is 1. The highest BCUT2D eigenvalue weighted by Gasteiger charge is 2.18. The van der Waals surface area contributed by atoms with Gasteiger partial charge in [0.15, 0.2) is 0 Å². The van der Waals surface area contributed by atoms with Crippen LogP contribution in [0.15, 0.2) is 28.7 Å². The SMILES string of the molecule is COCCOc1cccc(Cc2oc(N)nc2CN2CCOCC2)c1. The first-order valence-electron chi connectivity index (χ1n) is 8.49. The van der Waals surface area contributed by atoms with Crippen LogP contribution in [0.4, 0.5) is 6.01 Å². The summed E-state index contributed by atoms with van der Waals surface area (Å²) < 4.78 is 21.7. The average molecular weight is 347 g/mol. The van der Waals surface area contributed by atoms with Crippen LogP contribution in [0.3, 0.4) is 0 Å². The zero-order valence-corrected chi connectivity index (χ0v) is 14.6. The van der Waals surface area contributed by atoms with Gasteiger partial charge in [-0.1, -0.05) is 12.1 Å². The van der Waals surface area contributed by atoms with Crippen LogP contribution < -0.4 is 10.5 Å². The molecule has 0 spiro atoms.